The van der Waals surface area contributed by atoms with Crippen LogP contribution in [0.5, 0.6) is 0 Å². The van der Waals surface area contributed by atoms with Crippen LogP contribution in [-0.2, 0) is 11.3 Å². The van der Waals surface area contributed by atoms with Gasteiger partial charge in [0, 0.05) is 55.1 Å². The lowest BCUT2D eigenvalue weighted by molar-refractivity contribution is -0.0228. The average molecular weight is 359 g/mol. The Morgan fingerprint density at radius 3 is 3.08 bits per heavy atom. The summed E-state index contributed by atoms with van der Waals surface area (Å²) in [5, 5.41) is 6.72. The first-order chi connectivity index (χ1) is 12.2. The second kappa shape index (κ2) is 7.35. The van der Waals surface area contributed by atoms with Gasteiger partial charge in [-0.15, -0.1) is 11.3 Å². The van der Waals surface area contributed by atoms with E-state index in [1.807, 2.05) is 6.07 Å². The molecule has 0 amide bonds. The molecule has 0 aliphatic carbocycles. The molecule has 0 saturated carbocycles. The number of rotatable bonds is 6. The fourth-order valence-electron chi connectivity index (χ4n) is 4.12. The van der Waals surface area contributed by atoms with Crippen molar-refractivity contribution in [3.05, 3.63) is 34.5 Å². The van der Waals surface area contributed by atoms with Gasteiger partial charge >= 0.3 is 0 Å². The van der Waals surface area contributed by atoms with Gasteiger partial charge in [-0.2, -0.15) is 0 Å². The molecule has 2 aromatic heterocycles. The smallest absolute Gasteiger partial charge is 0.222 e. The Labute approximate surface area is 152 Å². The Hall–Kier alpha value is -1.57. The largest absolute Gasteiger partial charge is 0.378 e. The molecule has 0 spiro atoms. The van der Waals surface area contributed by atoms with E-state index in [2.05, 4.69) is 37.5 Å². The highest BCUT2D eigenvalue weighted by Gasteiger charge is 2.47. The number of nitrogens with one attached hydrogen (secondary N) is 1. The molecule has 0 bridgehead atoms. The van der Waals surface area contributed by atoms with Crippen molar-refractivity contribution in [2.75, 3.05) is 31.6 Å². The van der Waals surface area contributed by atoms with E-state index >= 15 is 0 Å². The lowest BCUT2D eigenvalue weighted by atomic mass is 9.74. The molecule has 0 aromatic carbocycles. The van der Waals surface area contributed by atoms with Crippen molar-refractivity contribution < 1.29 is 4.74 Å². The highest BCUT2D eigenvalue weighted by atomic mass is 32.1. The van der Waals surface area contributed by atoms with Crippen LogP contribution in [0.3, 0.4) is 0 Å². The number of thiazole rings is 1. The maximum atomic E-state index is 6.07. The third-order valence-corrected chi connectivity index (χ3v) is 6.30. The maximum Gasteiger partial charge on any atom is 0.222 e. The van der Waals surface area contributed by atoms with Crippen molar-refractivity contribution in [1.82, 2.24) is 19.9 Å². The molecule has 4 heterocycles. The highest BCUT2D eigenvalue weighted by Crippen LogP contribution is 2.43. The molecule has 2 saturated heterocycles. The van der Waals surface area contributed by atoms with Crippen molar-refractivity contribution in [2.24, 2.45) is 5.41 Å². The number of piperidine rings is 1. The van der Waals surface area contributed by atoms with Gasteiger partial charge in [-0.3, -0.25) is 4.90 Å². The van der Waals surface area contributed by atoms with E-state index in [0.29, 0.717) is 12.1 Å². The number of nitrogens with zero attached hydrogens (tertiary/aromatic N) is 4. The molecule has 4 rings (SSSR count). The topological polar surface area (TPSA) is 63.2 Å². The van der Waals surface area contributed by atoms with Gasteiger partial charge in [-0.1, -0.05) is 0 Å². The van der Waals surface area contributed by atoms with Crippen molar-refractivity contribution in [2.45, 2.75) is 38.8 Å². The summed E-state index contributed by atoms with van der Waals surface area (Å²) in [6, 6.07) is 1.84. The Morgan fingerprint density at radius 2 is 2.28 bits per heavy atom. The molecular formula is C18H25N5OS. The summed E-state index contributed by atoms with van der Waals surface area (Å²) in [5.41, 5.74) is 1.37. The Kier molecular flexibility index (Phi) is 4.96. The second-order valence-corrected chi connectivity index (χ2v) is 8.05. The van der Waals surface area contributed by atoms with Gasteiger partial charge in [0.2, 0.25) is 5.95 Å². The highest BCUT2D eigenvalue weighted by molar-refractivity contribution is 7.09. The number of hydrogen-bond acceptors (Lipinski definition) is 7. The van der Waals surface area contributed by atoms with Crippen LogP contribution in [0.15, 0.2) is 23.8 Å². The molecule has 25 heavy (non-hydrogen) atoms. The van der Waals surface area contributed by atoms with Gasteiger partial charge in [0.15, 0.2) is 0 Å². The van der Waals surface area contributed by atoms with Gasteiger partial charge in [-0.25, -0.2) is 15.0 Å². The normalized spacial score (nSPS) is 26.5. The zero-order valence-electron chi connectivity index (χ0n) is 14.6. The SMILES string of the molecule is Cc1csc(CN2CC[C@@H]3OCC[C@]3(CCNc3ncccn3)C2)n1. The number of fused-ring (bicyclic) bond motifs is 1. The Morgan fingerprint density at radius 1 is 1.40 bits per heavy atom. The van der Waals surface area contributed by atoms with Gasteiger partial charge in [0.05, 0.1) is 12.6 Å². The van der Waals surface area contributed by atoms with Crippen LogP contribution in [-0.4, -0.2) is 52.2 Å². The summed E-state index contributed by atoms with van der Waals surface area (Å²) >= 11 is 1.77. The van der Waals surface area contributed by atoms with E-state index in [9.17, 15) is 0 Å². The molecule has 0 unspecified atom stereocenters. The van der Waals surface area contributed by atoms with E-state index < -0.39 is 0 Å². The van der Waals surface area contributed by atoms with E-state index in [1.54, 1.807) is 23.7 Å². The summed E-state index contributed by atoms with van der Waals surface area (Å²) in [4.78, 5) is 15.7. The molecule has 2 aliphatic rings. The number of anilines is 1. The van der Waals surface area contributed by atoms with Crippen LogP contribution in [0.25, 0.3) is 0 Å². The summed E-state index contributed by atoms with van der Waals surface area (Å²) in [6.45, 7) is 6.98. The van der Waals surface area contributed by atoms with E-state index in [4.69, 9.17) is 4.74 Å². The van der Waals surface area contributed by atoms with Crippen molar-refractivity contribution in [1.29, 1.82) is 0 Å². The fourth-order valence-corrected chi connectivity index (χ4v) is 4.93. The second-order valence-electron chi connectivity index (χ2n) is 7.10. The molecular weight excluding hydrogens is 334 g/mol. The molecule has 2 fully saturated rings. The number of likely N-dealkylation sites (tertiary alicyclic amines) is 1. The monoisotopic (exact) mass is 359 g/mol. The molecule has 134 valence electrons. The first kappa shape index (κ1) is 16.9. The van der Waals surface area contributed by atoms with Crippen molar-refractivity contribution in [3.8, 4) is 0 Å². The Bertz CT molecular complexity index is 694. The van der Waals surface area contributed by atoms with Gasteiger partial charge in [0.25, 0.3) is 0 Å². The number of ether oxygens (including phenoxy) is 1. The minimum absolute atomic E-state index is 0.242. The quantitative estimate of drug-likeness (QED) is 0.856. The van der Waals surface area contributed by atoms with E-state index in [1.165, 1.54) is 5.01 Å². The molecule has 2 aliphatic heterocycles. The van der Waals surface area contributed by atoms with Crippen LogP contribution >= 0.6 is 11.3 Å². The predicted molar refractivity (Wildman–Crippen MR) is 98.7 cm³/mol. The number of aromatic nitrogens is 3. The Balaban J connectivity index is 1.38. The zero-order chi connectivity index (χ0) is 17.1. The van der Waals surface area contributed by atoms with Crippen molar-refractivity contribution >= 4 is 17.3 Å². The molecule has 6 nitrogen and oxygen atoms in total. The number of hydrogen-bond donors (Lipinski definition) is 1. The maximum absolute atomic E-state index is 6.07. The average Bonchev–Trinajstić information content (AvgIpc) is 3.22. The van der Waals surface area contributed by atoms with Gasteiger partial charge in [0.1, 0.15) is 5.01 Å². The van der Waals surface area contributed by atoms with E-state index in [0.717, 1.165) is 57.7 Å². The zero-order valence-corrected chi connectivity index (χ0v) is 15.5. The first-order valence-corrected chi connectivity index (χ1v) is 9.87. The van der Waals surface area contributed by atoms with E-state index in [-0.39, 0.29) is 5.41 Å². The molecule has 0 radical (unpaired) electrons. The minimum Gasteiger partial charge on any atom is -0.378 e. The molecule has 7 heteroatoms. The van der Waals surface area contributed by atoms with Gasteiger partial charge in [-0.05, 0) is 32.3 Å². The predicted octanol–water partition coefficient (Wildman–Crippen LogP) is 2.72. The first-order valence-electron chi connectivity index (χ1n) is 8.99. The van der Waals surface area contributed by atoms with Crippen LogP contribution < -0.4 is 5.32 Å². The standard InChI is InChI=1S/C18H25N5OS/c1-14-12-25-16(22-14)11-23-9-3-15-18(13-23,5-10-24-15)4-8-21-17-19-6-2-7-20-17/h2,6-7,12,15H,3-5,8-11,13H2,1H3,(H,19,20,21)/t15-,18+/m0/s1. The lowest BCUT2D eigenvalue weighted by Gasteiger charge is -2.43. The molecule has 1 N–H and O–H groups in total. The van der Waals surface area contributed by atoms with Crippen LogP contribution in [0.1, 0.15) is 30.0 Å². The summed E-state index contributed by atoms with van der Waals surface area (Å²) in [7, 11) is 0. The molecule has 2 aromatic rings. The minimum atomic E-state index is 0.242. The summed E-state index contributed by atoms with van der Waals surface area (Å²) in [6.07, 6.45) is 7.28. The van der Waals surface area contributed by atoms with Crippen LogP contribution in [0.2, 0.25) is 0 Å². The summed E-state index contributed by atoms with van der Waals surface area (Å²) < 4.78 is 6.07. The third kappa shape index (κ3) is 3.83. The summed E-state index contributed by atoms with van der Waals surface area (Å²) in [5.74, 6) is 0.709. The third-order valence-electron chi connectivity index (χ3n) is 5.35. The number of aryl methyl sites for hydroxylation is 1. The van der Waals surface area contributed by atoms with Crippen molar-refractivity contribution in [3.63, 3.8) is 0 Å². The molecule has 2 atom stereocenters. The lowest BCUT2D eigenvalue weighted by Crippen LogP contribution is -2.49. The van der Waals surface area contributed by atoms with Crippen LogP contribution in [0, 0.1) is 12.3 Å². The van der Waals surface area contributed by atoms with Crippen LogP contribution in [0.4, 0.5) is 5.95 Å². The van der Waals surface area contributed by atoms with Gasteiger partial charge < -0.3 is 10.1 Å². The fraction of sp³-hybridized carbons (Fsp3) is 0.611.